The van der Waals surface area contributed by atoms with Gasteiger partial charge in [-0.3, -0.25) is 14.5 Å². The number of anilines is 1. The molecule has 0 unspecified atom stereocenters. The van der Waals surface area contributed by atoms with Crippen LogP contribution in [-0.4, -0.2) is 54.3 Å². The minimum absolute atomic E-state index is 0.106. The highest BCUT2D eigenvalue weighted by molar-refractivity contribution is 6.33. The molecule has 6 heteroatoms. The Morgan fingerprint density at radius 2 is 2.04 bits per heavy atom. The van der Waals surface area contributed by atoms with Crippen LogP contribution in [0.3, 0.4) is 0 Å². The van der Waals surface area contributed by atoms with Gasteiger partial charge in [0.25, 0.3) is 0 Å². The molecule has 1 aromatic rings. The number of hydrogen-bond donors (Lipinski definition) is 1. The summed E-state index contributed by atoms with van der Waals surface area (Å²) in [5, 5.41) is 3.28. The van der Waals surface area contributed by atoms with Crippen LogP contribution in [0, 0.1) is 0 Å². The Bertz CT molecular complexity index is 579. The molecular formula is C18H26ClN3O2. The number of nitrogens with one attached hydrogen (secondary N) is 1. The summed E-state index contributed by atoms with van der Waals surface area (Å²) < 4.78 is 0. The Morgan fingerprint density at radius 1 is 1.29 bits per heavy atom. The van der Waals surface area contributed by atoms with Crippen LogP contribution in [0.5, 0.6) is 0 Å². The predicted octanol–water partition coefficient (Wildman–Crippen LogP) is 3.00. The van der Waals surface area contributed by atoms with Crippen LogP contribution in [0.1, 0.15) is 32.6 Å². The van der Waals surface area contributed by atoms with E-state index in [1.807, 2.05) is 17.0 Å². The van der Waals surface area contributed by atoms with Crippen molar-refractivity contribution in [3.05, 3.63) is 29.3 Å². The summed E-state index contributed by atoms with van der Waals surface area (Å²) in [4.78, 5) is 28.3. The molecule has 1 fully saturated rings. The third-order valence-corrected chi connectivity index (χ3v) is 4.71. The summed E-state index contributed by atoms with van der Waals surface area (Å²) in [7, 11) is 1.79. The highest BCUT2D eigenvalue weighted by atomic mass is 35.5. The molecule has 1 aromatic carbocycles. The van der Waals surface area contributed by atoms with Crippen molar-refractivity contribution < 1.29 is 9.59 Å². The van der Waals surface area contributed by atoms with E-state index in [9.17, 15) is 9.59 Å². The van der Waals surface area contributed by atoms with Gasteiger partial charge in [-0.15, -0.1) is 0 Å². The zero-order valence-corrected chi connectivity index (χ0v) is 15.2. The number of para-hydroxylation sites is 1. The van der Waals surface area contributed by atoms with Crippen molar-refractivity contribution in [1.29, 1.82) is 0 Å². The number of rotatable bonds is 6. The van der Waals surface area contributed by atoms with Gasteiger partial charge in [0, 0.05) is 12.6 Å². The predicted molar refractivity (Wildman–Crippen MR) is 97.2 cm³/mol. The normalized spacial score (nSPS) is 17.8. The van der Waals surface area contributed by atoms with Gasteiger partial charge in [0.05, 0.1) is 23.8 Å². The Morgan fingerprint density at radius 3 is 2.75 bits per heavy atom. The molecule has 1 aliphatic rings. The summed E-state index contributed by atoms with van der Waals surface area (Å²) in [6.45, 7) is 3.36. The van der Waals surface area contributed by atoms with Gasteiger partial charge in [-0.25, -0.2) is 0 Å². The Hall–Kier alpha value is -1.59. The molecule has 24 heavy (non-hydrogen) atoms. The standard InChI is InChI=1S/C18H26ClN3O2/c1-3-14-8-6-7-11-22(14)18(24)13-21(2)12-17(23)20-16-10-5-4-9-15(16)19/h4-5,9-10,14H,3,6-8,11-13H2,1-2H3,(H,20,23)/t14-/m0/s1. The quantitative estimate of drug-likeness (QED) is 0.857. The summed E-state index contributed by atoms with van der Waals surface area (Å²) in [6, 6.07) is 7.45. The van der Waals surface area contributed by atoms with Gasteiger partial charge in [0.15, 0.2) is 0 Å². The first-order valence-corrected chi connectivity index (χ1v) is 8.91. The van der Waals surface area contributed by atoms with Crippen molar-refractivity contribution in [1.82, 2.24) is 9.80 Å². The second-order valence-corrected chi connectivity index (χ2v) is 6.75. The molecule has 5 nitrogen and oxygen atoms in total. The van der Waals surface area contributed by atoms with Crippen molar-refractivity contribution in [3.8, 4) is 0 Å². The summed E-state index contributed by atoms with van der Waals surface area (Å²) in [5.41, 5.74) is 0.589. The van der Waals surface area contributed by atoms with Gasteiger partial charge in [-0.1, -0.05) is 30.7 Å². The van der Waals surface area contributed by atoms with E-state index in [4.69, 9.17) is 11.6 Å². The number of likely N-dealkylation sites (N-methyl/N-ethyl adjacent to an activating group) is 1. The van der Waals surface area contributed by atoms with Gasteiger partial charge in [0.2, 0.25) is 11.8 Å². The average molecular weight is 352 g/mol. The monoisotopic (exact) mass is 351 g/mol. The highest BCUT2D eigenvalue weighted by Gasteiger charge is 2.26. The number of likely N-dealkylation sites (tertiary alicyclic amines) is 1. The number of benzene rings is 1. The van der Waals surface area contributed by atoms with E-state index in [1.165, 1.54) is 6.42 Å². The Balaban J connectivity index is 1.83. The molecule has 0 aliphatic carbocycles. The lowest BCUT2D eigenvalue weighted by molar-refractivity contribution is -0.136. The number of amides is 2. The lowest BCUT2D eigenvalue weighted by Gasteiger charge is -2.36. The fraction of sp³-hybridized carbons (Fsp3) is 0.556. The van der Waals surface area contributed by atoms with E-state index in [0.29, 0.717) is 16.8 Å². The van der Waals surface area contributed by atoms with E-state index in [2.05, 4.69) is 12.2 Å². The van der Waals surface area contributed by atoms with E-state index in [-0.39, 0.29) is 24.9 Å². The van der Waals surface area contributed by atoms with Crippen molar-refractivity contribution in [2.75, 3.05) is 32.0 Å². The number of piperidine rings is 1. The molecule has 2 amide bonds. The molecule has 1 heterocycles. The van der Waals surface area contributed by atoms with Crippen LogP contribution >= 0.6 is 11.6 Å². The molecule has 0 aromatic heterocycles. The van der Waals surface area contributed by atoms with Crippen LogP contribution in [0.25, 0.3) is 0 Å². The van der Waals surface area contributed by atoms with Gasteiger partial charge >= 0.3 is 0 Å². The van der Waals surface area contributed by atoms with Gasteiger partial charge < -0.3 is 10.2 Å². The van der Waals surface area contributed by atoms with Crippen LogP contribution in [0.15, 0.2) is 24.3 Å². The maximum Gasteiger partial charge on any atom is 0.238 e. The molecule has 0 radical (unpaired) electrons. The number of nitrogens with zero attached hydrogens (tertiary/aromatic N) is 2. The Kier molecular flexibility index (Phi) is 7.06. The first-order valence-electron chi connectivity index (χ1n) is 8.53. The number of hydrogen-bond acceptors (Lipinski definition) is 3. The molecule has 132 valence electrons. The van der Waals surface area contributed by atoms with E-state index < -0.39 is 0 Å². The van der Waals surface area contributed by atoms with Crippen molar-refractivity contribution in [2.24, 2.45) is 0 Å². The van der Waals surface area contributed by atoms with Gasteiger partial charge in [0.1, 0.15) is 0 Å². The van der Waals surface area contributed by atoms with E-state index >= 15 is 0 Å². The topological polar surface area (TPSA) is 52.7 Å². The fourth-order valence-electron chi connectivity index (χ4n) is 3.13. The number of carbonyl (C=O) groups excluding carboxylic acids is 2. The van der Waals surface area contributed by atoms with Crippen molar-refractivity contribution in [3.63, 3.8) is 0 Å². The van der Waals surface area contributed by atoms with E-state index in [0.717, 1.165) is 25.8 Å². The fourth-order valence-corrected chi connectivity index (χ4v) is 3.31. The first kappa shape index (κ1) is 18.7. The lowest BCUT2D eigenvalue weighted by Crippen LogP contribution is -2.48. The molecule has 0 spiro atoms. The second kappa shape index (κ2) is 9.04. The average Bonchev–Trinajstić information content (AvgIpc) is 2.56. The lowest BCUT2D eigenvalue weighted by atomic mass is 10.00. The SMILES string of the molecule is CC[C@H]1CCCCN1C(=O)CN(C)CC(=O)Nc1ccccc1Cl. The summed E-state index contributed by atoms with van der Waals surface area (Å²) >= 11 is 6.03. The first-order chi connectivity index (χ1) is 11.5. The molecular weight excluding hydrogens is 326 g/mol. The number of halogens is 1. The van der Waals surface area contributed by atoms with Gasteiger partial charge in [-0.2, -0.15) is 0 Å². The van der Waals surface area contributed by atoms with Crippen LogP contribution in [0.2, 0.25) is 5.02 Å². The van der Waals surface area contributed by atoms with Crippen LogP contribution in [0.4, 0.5) is 5.69 Å². The van der Waals surface area contributed by atoms with Gasteiger partial charge in [-0.05, 0) is 44.9 Å². The molecule has 1 atom stereocenters. The molecule has 2 rings (SSSR count). The summed E-state index contributed by atoms with van der Waals surface area (Å²) in [6.07, 6.45) is 4.33. The molecule has 0 bridgehead atoms. The van der Waals surface area contributed by atoms with Crippen LogP contribution in [-0.2, 0) is 9.59 Å². The van der Waals surface area contributed by atoms with Crippen LogP contribution < -0.4 is 5.32 Å². The third kappa shape index (κ3) is 5.21. The zero-order chi connectivity index (χ0) is 17.5. The van der Waals surface area contributed by atoms with Crippen molar-refractivity contribution >= 4 is 29.1 Å². The largest absolute Gasteiger partial charge is 0.339 e. The maximum absolute atomic E-state index is 12.5. The molecule has 1 saturated heterocycles. The third-order valence-electron chi connectivity index (χ3n) is 4.39. The minimum atomic E-state index is -0.177. The smallest absolute Gasteiger partial charge is 0.238 e. The molecule has 0 saturated carbocycles. The Labute approximate surface area is 149 Å². The molecule has 1 aliphatic heterocycles. The van der Waals surface area contributed by atoms with Crippen molar-refractivity contribution in [2.45, 2.75) is 38.6 Å². The molecule has 1 N–H and O–H groups in total. The zero-order valence-electron chi connectivity index (χ0n) is 14.4. The maximum atomic E-state index is 12.5. The highest BCUT2D eigenvalue weighted by Crippen LogP contribution is 2.21. The summed E-state index contributed by atoms with van der Waals surface area (Å²) in [5.74, 6) is -0.0707. The number of carbonyl (C=O) groups is 2. The van der Waals surface area contributed by atoms with E-state index in [1.54, 1.807) is 24.1 Å². The minimum Gasteiger partial charge on any atom is -0.339 e. The second-order valence-electron chi connectivity index (χ2n) is 6.35.